The summed E-state index contributed by atoms with van der Waals surface area (Å²) in [6.07, 6.45) is 4.58. The number of anilines is 1. The van der Waals surface area contributed by atoms with Crippen LogP contribution in [0.25, 0.3) is 11.0 Å². The summed E-state index contributed by atoms with van der Waals surface area (Å²) in [6.45, 7) is 0.619. The summed E-state index contributed by atoms with van der Waals surface area (Å²) < 4.78 is 34.4. The van der Waals surface area contributed by atoms with Crippen molar-refractivity contribution in [3.05, 3.63) is 53.8 Å². The SMILES string of the molecule is COc1ccc2c(CC(=O)N3CCCc4cc(S(C)(=O)=O)ccc43)coc2c1. The first kappa shape index (κ1) is 18.6. The van der Waals surface area contributed by atoms with Gasteiger partial charge in [-0.2, -0.15) is 0 Å². The number of rotatable bonds is 4. The first-order valence-corrected chi connectivity index (χ1v) is 10.9. The van der Waals surface area contributed by atoms with Gasteiger partial charge in [0.05, 0.1) is 24.7 Å². The second-order valence-electron chi connectivity index (χ2n) is 7.01. The molecule has 0 aliphatic carbocycles. The summed E-state index contributed by atoms with van der Waals surface area (Å²) in [5.74, 6) is 0.665. The fourth-order valence-electron chi connectivity index (χ4n) is 3.65. The number of benzene rings is 2. The molecule has 2 aromatic carbocycles. The Bertz CT molecular complexity index is 1160. The largest absolute Gasteiger partial charge is 0.497 e. The summed E-state index contributed by atoms with van der Waals surface area (Å²) in [5.41, 5.74) is 3.18. The highest BCUT2D eigenvalue weighted by molar-refractivity contribution is 7.90. The maximum absolute atomic E-state index is 13.0. The highest BCUT2D eigenvalue weighted by Crippen LogP contribution is 2.31. The molecular weight excluding hydrogens is 378 g/mol. The molecule has 0 spiro atoms. The van der Waals surface area contributed by atoms with E-state index in [1.165, 1.54) is 6.26 Å². The Morgan fingerprint density at radius 2 is 2.04 bits per heavy atom. The van der Waals surface area contributed by atoms with Gasteiger partial charge in [0.15, 0.2) is 9.84 Å². The Kier molecular flexibility index (Phi) is 4.63. The van der Waals surface area contributed by atoms with E-state index in [9.17, 15) is 13.2 Å². The van der Waals surface area contributed by atoms with Crippen molar-refractivity contribution >= 4 is 32.4 Å². The summed E-state index contributed by atoms with van der Waals surface area (Å²) in [4.78, 5) is 15.0. The zero-order valence-electron chi connectivity index (χ0n) is 15.8. The van der Waals surface area contributed by atoms with Crippen LogP contribution in [0.4, 0.5) is 5.69 Å². The van der Waals surface area contributed by atoms with Gasteiger partial charge in [0.1, 0.15) is 11.3 Å². The topological polar surface area (TPSA) is 76.8 Å². The number of methoxy groups -OCH3 is 1. The summed E-state index contributed by atoms with van der Waals surface area (Å²) in [7, 11) is -1.68. The van der Waals surface area contributed by atoms with Crippen molar-refractivity contribution in [1.82, 2.24) is 0 Å². The van der Waals surface area contributed by atoms with Gasteiger partial charge in [-0.25, -0.2) is 8.42 Å². The maximum atomic E-state index is 13.0. The van der Waals surface area contributed by atoms with E-state index in [4.69, 9.17) is 9.15 Å². The van der Waals surface area contributed by atoms with Crippen LogP contribution in [-0.4, -0.2) is 34.2 Å². The van der Waals surface area contributed by atoms with Crippen molar-refractivity contribution < 1.29 is 22.4 Å². The van der Waals surface area contributed by atoms with Crippen molar-refractivity contribution in [3.63, 3.8) is 0 Å². The number of hydrogen-bond donors (Lipinski definition) is 0. The van der Waals surface area contributed by atoms with Gasteiger partial charge in [0.2, 0.25) is 5.91 Å². The van der Waals surface area contributed by atoms with Crippen LogP contribution in [-0.2, 0) is 27.5 Å². The molecule has 1 aromatic heterocycles. The van der Waals surface area contributed by atoms with Crippen LogP contribution < -0.4 is 9.64 Å². The maximum Gasteiger partial charge on any atom is 0.231 e. The molecule has 1 aliphatic rings. The third kappa shape index (κ3) is 3.38. The van der Waals surface area contributed by atoms with E-state index in [-0.39, 0.29) is 17.2 Å². The molecule has 6 nitrogen and oxygen atoms in total. The Morgan fingerprint density at radius 1 is 1.21 bits per heavy atom. The molecule has 1 aliphatic heterocycles. The number of ether oxygens (including phenoxy) is 1. The minimum atomic E-state index is -3.27. The summed E-state index contributed by atoms with van der Waals surface area (Å²) in [5, 5.41) is 0.888. The first-order chi connectivity index (χ1) is 13.4. The van der Waals surface area contributed by atoms with Crippen LogP contribution >= 0.6 is 0 Å². The Labute approximate surface area is 163 Å². The molecular formula is C21H21NO5S. The lowest BCUT2D eigenvalue weighted by Gasteiger charge is -2.30. The van der Waals surface area contributed by atoms with Gasteiger partial charge in [-0.3, -0.25) is 4.79 Å². The van der Waals surface area contributed by atoms with E-state index >= 15 is 0 Å². The normalized spacial score (nSPS) is 14.1. The molecule has 0 saturated carbocycles. The highest BCUT2D eigenvalue weighted by atomic mass is 32.2. The monoisotopic (exact) mass is 399 g/mol. The predicted molar refractivity (Wildman–Crippen MR) is 107 cm³/mol. The molecule has 1 amide bonds. The van der Waals surface area contributed by atoms with Gasteiger partial charge in [-0.1, -0.05) is 0 Å². The lowest BCUT2D eigenvalue weighted by atomic mass is 10.0. The average Bonchev–Trinajstić information content (AvgIpc) is 3.08. The molecule has 0 radical (unpaired) electrons. The number of nitrogens with zero attached hydrogens (tertiary/aromatic N) is 1. The Hall–Kier alpha value is -2.80. The molecule has 7 heteroatoms. The van der Waals surface area contributed by atoms with E-state index in [2.05, 4.69) is 0 Å². The summed E-state index contributed by atoms with van der Waals surface area (Å²) in [6, 6.07) is 10.5. The minimum absolute atomic E-state index is 0.0356. The second-order valence-corrected chi connectivity index (χ2v) is 9.03. The predicted octanol–water partition coefficient (Wildman–Crippen LogP) is 3.37. The Morgan fingerprint density at radius 3 is 2.79 bits per heavy atom. The van der Waals surface area contributed by atoms with Gasteiger partial charge >= 0.3 is 0 Å². The van der Waals surface area contributed by atoms with Crippen LogP contribution in [0.2, 0.25) is 0 Å². The van der Waals surface area contributed by atoms with Gasteiger partial charge in [0.25, 0.3) is 0 Å². The zero-order valence-corrected chi connectivity index (χ0v) is 16.6. The first-order valence-electron chi connectivity index (χ1n) is 9.04. The lowest BCUT2D eigenvalue weighted by molar-refractivity contribution is -0.118. The molecule has 0 N–H and O–H groups in total. The molecule has 28 heavy (non-hydrogen) atoms. The number of amides is 1. The van der Waals surface area contributed by atoms with Crippen LogP contribution in [0.1, 0.15) is 17.5 Å². The molecule has 0 bridgehead atoms. The molecule has 3 aromatic rings. The molecule has 0 fully saturated rings. The number of hydrogen-bond acceptors (Lipinski definition) is 5. The number of furan rings is 1. The highest BCUT2D eigenvalue weighted by Gasteiger charge is 2.25. The number of aryl methyl sites for hydroxylation is 1. The van der Waals surface area contributed by atoms with Crippen LogP contribution in [0.3, 0.4) is 0 Å². The second kappa shape index (κ2) is 6.98. The molecule has 146 valence electrons. The molecule has 0 atom stereocenters. The van der Waals surface area contributed by atoms with Gasteiger partial charge in [0, 0.05) is 35.5 Å². The summed E-state index contributed by atoms with van der Waals surface area (Å²) >= 11 is 0. The zero-order chi connectivity index (χ0) is 19.9. The molecule has 0 unspecified atom stereocenters. The minimum Gasteiger partial charge on any atom is -0.497 e. The fraction of sp³-hybridized carbons (Fsp3) is 0.286. The van der Waals surface area contributed by atoms with Crippen LogP contribution in [0.5, 0.6) is 5.75 Å². The van der Waals surface area contributed by atoms with Crippen molar-refractivity contribution in [2.75, 3.05) is 24.8 Å². The van der Waals surface area contributed by atoms with E-state index in [0.717, 1.165) is 35.0 Å². The van der Waals surface area contributed by atoms with Gasteiger partial charge in [-0.15, -0.1) is 0 Å². The lowest BCUT2D eigenvalue weighted by Crippen LogP contribution is -2.36. The number of carbonyl (C=O) groups excluding carboxylic acids is 1. The van der Waals surface area contributed by atoms with Crippen molar-refractivity contribution in [1.29, 1.82) is 0 Å². The standard InChI is InChI=1S/C21H21NO5S/c1-26-16-5-7-18-15(13-27-20(18)12-16)11-21(23)22-9-3-4-14-10-17(28(2,24)25)6-8-19(14)22/h5-8,10,12-13H,3-4,9,11H2,1-2H3. The van der Waals surface area contributed by atoms with E-state index in [1.54, 1.807) is 42.5 Å². The van der Waals surface area contributed by atoms with Crippen molar-refractivity contribution in [3.8, 4) is 5.75 Å². The van der Waals surface area contributed by atoms with Crippen LogP contribution in [0, 0.1) is 0 Å². The third-order valence-corrected chi connectivity index (χ3v) is 6.21. The quantitative estimate of drug-likeness (QED) is 0.672. The smallest absolute Gasteiger partial charge is 0.231 e. The number of fused-ring (bicyclic) bond motifs is 2. The fourth-order valence-corrected chi connectivity index (χ4v) is 4.32. The molecule has 4 rings (SSSR count). The van der Waals surface area contributed by atoms with Gasteiger partial charge in [-0.05, 0) is 48.7 Å². The van der Waals surface area contributed by atoms with Gasteiger partial charge < -0.3 is 14.1 Å². The van der Waals surface area contributed by atoms with E-state index < -0.39 is 9.84 Å². The average molecular weight is 399 g/mol. The van der Waals surface area contributed by atoms with E-state index in [0.29, 0.717) is 17.9 Å². The molecule has 0 saturated heterocycles. The van der Waals surface area contributed by atoms with Crippen LogP contribution in [0.15, 0.2) is 52.0 Å². The number of carbonyl (C=O) groups is 1. The van der Waals surface area contributed by atoms with Crippen molar-refractivity contribution in [2.24, 2.45) is 0 Å². The van der Waals surface area contributed by atoms with E-state index in [1.807, 2.05) is 12.1 Å². The third-order valence-electron chi connectivity index (χ3n) is 5.10. The number of sulfone groups is 1. The van der Waals surface area contributed by atoms with Crippen molar-refractivity contribution in [2.45, 2.75) is 24.2 Å². The molecule has 2 heterocycles. The Balaban J connectivity index is 1.62.